The molecule has 8 heteroatoms. The second-order valence-corrected chi connectivity index (χ2v) is 7.44. The van der Waals surface area contributed by atoms with Gasteiger partial charge in [-0.05, 0) is 36.7 Å². The molecule has 2 heterocycles. The van der Waals surface area contributed by atoms with Gasteiger partial charge in [-0.2, -0.15) is 0 Å². The fourth-order valence-corrected chi connectivity index (χ4v) is 4.73. The van der Waals surface area contributed by atoms with Gasteiger partial charge in [-0.1, -0.05) is 0 Å². The number of nitrogens with two attached hydrogens (primary N) is 1. The smallest absolute Gasteiger partial charge is 0.251 e. The molecule has 3 amide bonds. The Morgan fingerprint density at radius 3 is 2.83 bits per heavy atom. The van der Waals surface area contributed by atoms with E-state index in [1.165, 1.54) is 28.0 Å². The summed E-state index contributed by atoms with van der Waals surface area (Å²) in [5.74, 6) is -0.599. The number of carbonyl (C=O) groups is 3. The number of thiophene rings is 1. The van der Waals surface area contributed by atoms with E-state index in [4.69, 9.17) is 5.73 Å². The van der Waals surface area contributed by atoms with Gasteiger partial charge in [0.25, 0.3) is 5.91 Å². The number of anilines is 1. The van der Waals surface area contributed by atoms with Crippen molar-refractivity contribution in [2.24, 2.45) is 5.73 Å². The van der Waals surface area contributed by atoms with Gasteiger partial charge in [0.05, 0.1) is 11.3 Å². The third kappa shape index (κ3) is 3.42. The zero-order valence-corrected chi connectivity index (χ0v) is 14.1. The summed E-state index contributed by atoms with van der Waals surface area (Å²) >= 11 is 2.82. The van der Waals surface area contributed by atoms with Crippen molar-refractivity contribution in [2.45, 2.75) is 25.7 Å². The highest BCUT2D eigenvalue weighted by atomic mass is 32.2. The van der Waals surface area contributed by atoms with Gasteiger partial charge in [0, 0.05) is 11.1 Å². The van der Waals surface area contributed by atoms with Crippen LogP contribution in [0.1, 0.15) is 33.6 Å². The lowest BCUT2D eigenvalue weighted by atomic mass is 9.95. The molecule has 1 aliphatic heterocycles. The van der Waals surface area contributed by atoms with Crippen LogP contribution in [0.25, 0.3) is 0 Å². The summed E-state index contributed by atoms with van der Waals surface area (Å²) in [5, 5.41) is 5.06. The number of amides is 3. The van der Waals surface area contributed by atoms with Crippen LogP contribution in [0, 0.1) is 0 Å². The molecule has 0 spiro atoms. The van der Waals surface area contributed by atoms with Crippen LogP contribution in [0.2, 0.25) is 0 Å². The van der Waals surface area contributed by atoms with Crippen molar-refractivity contribution in [3.05, 3.63) is 27.6 Å². The third-order valence-corrected chi connectivity index (χ3v) is 5.78. The maximum Gasteiger partial charge on any atom is 0.251 e. The number of hydrogen-bond acceptors (Lipinski definition) is 5. The lowest BCUT2D eigenvalue weighted by Crippen LogP contribution is -2.36. The molecule has 0 aromatic carbocycles. The average Bonchev–Trinajstić information content (AvgIpc) is 2.87. The summed E-state index contributed by atoms with van der Waals surface area (Å²) in [5.41, 5.74) is 6.92. The van der Waals surface area contributed by atoms with Crippen LogP contribution < -0.4 is 11.1 Å². The molecule has 0 fully saturated rings. The SMILES string of the molecule is NC(=O)c1c(NC(=O)CN2C=CSCC2=O)sc2c1CCCC2. The molecule has 1 aromatic heterocycles. The Balaban J connectivity index is 1.77. The molecule has 0 bridgehead atoms. The summed E-state index contributed by atoms with van der Waals surface area (Å²) in [6.45, 7) is -0.0589. The molecule has 2 aliphatic rings. The monoisotopic (exact) mass is 351 g/mol. The topological polar surface area (TPSA) is 92.5 Å². The highest BCUT2D eigenvalue weighted by molar-refractivity contribution is 8.02. The standard InChI is InChI=1S/C15H17N3O3S2/c16-14(21)13-9-3-1-2-4-10(9)23-15(13)17-11(19)7-18-5-6-22-8-12(18)20/h5-6H,1-4,7-8H2,(H2,16,21)(H,17,19). The van der Waals surface area contributed by atoms with Crippen LogP contribution in [0.4, 0.5) is 5.00 Å². The minimum atomic E-state index is -0.509. The zero-order valence-electron chi connectivity index (χ0n) is 12.5. The summed E-state index contributed by atoms with van der Waals surface area (Å²) in [6, 6.07) is 0. The highest BCUT2D eigenvalue weighted by Crippen LogP contribution is 2.37. The fourth-order valence-electron chi connectivity index (χ4n) is 2.78. The van der Waals surface area contributed by atoms with Crippen LogP contribution >= 0.6 is 23.1 Å². The predicted octanol–water partition coefficient (Wildman–Crippen LogP) is 1.71. The lowest BCUT2D eigenvalue weighted by molar-refractivity contribution is -0.129. The van der Waals surface area contributed by atoms with Crippen molar-refractivity contribution in [3.63, 3.8) is 0 Å². The van der Waals surface area contributed by atoms with E-state index in [2.05, 4.69) is 5.32 Å². The van der Waals surface area contributed by atoms with Gasteiger partial charge in [0.2, 0.25) is 11.8 Å². The Morgan fingerprint density at radius 1 is 1.30 bits per heavy atom. The van der Waals surface area contributed by atoms with E-state index in [1.807, 2.05) is 0 Å². The van der Waals surface area contributed by atoms with E-state index in [0.717, 1.165) is 36.1 Å². The number of thioether (sulfide) groups is 1. The van der Waals surface area contributed by atoms with Gasteiger partial charge in [-0.15, -0.1) is 23.1 Å². The van der Waals surface area contributed by atoms with E-state index in [9.17, 15) is 14.4 Å². The number of hydrogen-bond donors (Lipinski definition) is 2. The first-order valence-electron chi connectivity index (χ1n) is 7.38. The highest BCUT2D eigenvalue weighted by Gasteiger charge is 2.25. The van der Waals surface area contributed by atoms with Crippen LogP contribution in [-0.2, 0) is 22.4 Å². The molecule has 0 saturated carbocycles. The third-order valence-electron chi connectivity index (χ3n) is 3.85. The first-order valence-corrected chi connectivity index (χ1v) is 9.24. The van der Waals surface area contributed by atoms with Gasteiger partial charge in [0.1, 0.15) is 11.5 Å². The van der Waals surface area contributed by atoms with E-state index < -0.39 is 5.91 Å². The molecule has 0 saturated heterocycles. The first kappa shape index (κ1) is 16.1. The molecule has 0 unspecified atom stereocenters. The molecule has 1 aliphatic carbocycles. The normalized spacial score (nSPS) is 17.0. The molecule has 23 heavy (non-hydrogen) atoms. The van der Waals surface area contributed by atoms with Gasteiger partial charge >= 0.3 is 0 Å². The minimum Gasteiger partial charge on any atom is -0.365 e. The van der Waals surface area contributed by atoms with E-state index in [0.29, 0.717) is 16.3 Å². The zero-order chi connectivity index (χ0) is 16.4. The quantitative estimate of drug-likeness (QED) is 0.864. The van der Waals surface area contributed by atoms with Crippen LogP contribution in [0.5, 0.6) is 0 Å². The van der Waals surface area contributed by atoms with Crippen LogP contribution in [0.15, 0.2) is 11.6 Å². The lowest BCUT2D eigenvalue weighted by Gasteiger charge is -2.20. The number of fused-ring (bicyclic) bond motifs is 1. The molecule has 0 radical (unpaired) electrons. The first-order chi connectivity index (χ1) is 11.1. The van der Waals surface area contributed by atoms with Crippen molar-refractivity contribution in [2.75, 3.05) is 17.6 Å². The maximum absolute atomic E-state index is 12.2. The molecule has 1 aromatic rings. The summed E-state index contributed by atoms with van der Waals surface area (Å²) < 4.78 is 0. The number of nitrogens with one attached hydrogen (secondary N) is 1. The number of carbonyl (C=O) groups excluding carboxylic acids is 3. The summed E-state index contributed by atoms with van der Waals surface area (Å²) in [4.78, 5) is 38.2. The predicted molar refractivity (Wildman–Crippen MR) is 91.4 cm³/mol. The molecular formula is C15H17N3O3S2. The van der Waals surface area contributed by atoms with Gasteiger partial charge in [-0.3, -0.25) is 14.4 Å². The number of nitrogens with zero attached hydrogens (tertiary/aromatic N) is 1. The Bertz CT molecular complexity index is 696. The molecule has 0 atom stereocenters. The van der Waals surface area contributed by atoms with Gasteiger partial charge in [0.15, 0.2) is 0 Å². The Labute approximate surface area is 142 Å². The average molecular weight is 351 g/mol. The van der Waals surface area contributed by atoms with Crippen molar-refractivity contribution in [3.8, 4) is 0 Å². The maximum atomic E-state index is 12.2. The second-order valence-electron chi connectivity index (χ2n) is 5.45. The summed E-state index contributed by atoms with van der Waals surface area (Å²) in [6.07, 6.45) is 5.46. The van der Waals surface area contributed by atoms with Gasteiger partial charge < -0.3 is 16.0 Å². The van der Waals surface area contributed by atoms with E-state index in [-0.39, 0.29) is 18.4 Å². The number of aryl methyl sites for hydroxylation is 1. The Kier molecular flexibility index (Phi) is 4.72. The number of primary amides is 1. The Morgan fingerprint density at radius 2 is 2.09 bits per heavy atom. The van der Waals surface area contributed by atoms with E-state index in [1.54, 1.807) is 11.6 Å². The minimum absolute atomic E-state index is 0.0589. The van der Waals surface area contributed by atoms with Gasteiger partial charge in [-0.25, -0.2) is 0 Å². The largest absolute Gasteiger partial charge is 0.365 e. The molecule has 3 N–H and O–H groups in total. The summed E-state index contributed by atoms with van der Waals surface area (Å²) in [7, 11) is 0. The van der Waals surface area contributed by atoms with Crippen molar-refractivity contribution >= 4 is 45.8 Å². The fraction of sp³-hybridized carbons (Fsp3) is 0.400. The van der Waals surface area contributed by atoms with Crippen molar-refractivity contribution in [1.82, 2.24) is 4.90 Å². The molecular weight excluding hydrogens is 334 g/mol. The molecule has 122 valence electrons. The Hall–Kier alpha value is -1.80. The van der Waals surface area contributed by atoms with Crippen LogP contribution in [0.3, 0.4) is 0 Å². The molecule has 3 rings (SSSR count). The van der Waals surface area contributed by atoms with Crippen molar-refractivity contribution in [1.29, 1.82) is 0 Å². The van der Waals surface area contributed by atoms with Crippen LogP contribution in [-0.4, -0.2) is 34.9 Å². The van der Waals surface area contributed by atoms with Crippen molar-refractivity contribution < 1.29 is 14.4 Å². The second kappa shape index (κ2) is 6.76. The number of rotatable bonds is 4. The van der Waals surface area contributed by atoms with E-state index >= 15 is 0 Å². The molecule has 6 nitrogen and oxygen atoms in total.